The zero-order valence-electron chi connectivity index (χ0n) is 38.4. The van der Waals surface area contributed by atoms with Crippen LogP contribution in [0, 0.1) is 41.4 Å². The third-order valence-electron chi connectivity index (χ3n) is 11.8. The Bertz CT molecular complexity index is 926. The van der Waals surface area contributed by atoms with Gasteiger partial charge in [0.2, 0.25) is 0 Å². The van der Waals surface area contributed by atoms with Crippen LogP contribution in [0.4, 0.5) is 0 Å². The first-order chi connectivity index (χ1) is 26.3. The van der Waals surface area contributed by atoms with Crippen LogP contribution in [0.25, 0.3) is 0 Å². The molecule has 0 aliphatic carbocycles. The predicted octanol–water partition coefficient (Wildman–Crippen LogP) is 11.9. The molecule has 0 aromatic heterocycles. The summed E-state index contributed by atoms with van der Waals surface area (Å²) in [7, 11) is -4.68. The van der Waals surface area contributed by atoms with E-state index in [1.807, 2.05) is 6.92 Å². The van der Waals surface area contributed by atoms with E-state index in [0.717, 1.165) is 48.9 Å². The smallest absolute Gasteiger partial charge is 0.394 e. The summed E-state index contributed by atoms with van der Waals surface area (Å²) >= 11 is 0. The summed E-state index contributed by atoms with van der Waals surface area (Å²) in [6.45, 7) is 23.3. The zero-order valence-corrected chi connectivity index (χ0v) is 39.3. The van der Waals surface area contributed by atoms with E-state index in [9.17, 15) is 14.8 Å². The Morgan fingerprint density at radius 1 is 0.500 bits per heavy atom. The SMILES string of the molecule is CC(C)CCCC(C)CCCC(C)CCCC(C)CCOC[C@@H](COC(CO)COP(=O)(O)O)OCCC(C)(O)CCCC(C)CCCC(C)CCCC(C)C. The van der Waals surface area contributed by atoms with Gasteiger partial charge in [-0.2, -0.15) is 0 Å². The molecule has 0 saturated heterocycles. The fourth-order valence-electron chi connectivity index (χ4n) is 7.54. The second kappa shape index (κ2) is 33.6. The molecular weight excluding hydrogens is 727 g/mol. The van der Waals surface area contributed by atoms with E-state index in [4.69, 9.17) is 24.0 Å². The molecule has 0 rings (SSSR count). The molecule has 10 heteroatoms. The molecule has 0 saturated carbocycles. The number of ether oxygens (including phenoxy) is 3. The molecule has 9 nitrogen and oxygen atoms in total. The monoisotopic (exact) mass is 823 g/mol. The van der Waals surface area contributed by atoms with Gasteiger partial charge >= 0.3 is 7.82 Å². The lowest BCUT2D eigenvalue weighted by atomic mass is 9.89. The minimum Gasteiger partial charge on any atom is -0.394 e. The minimum atomic E-state index is -4.68. The number of rotatable bonds is 40. The van der Waals surface area contributed by atoms with Crippen molar-refractivity contribution in [2.45, 2.75) is 215 Å². The van der Waals surface area contributed by atoms with E-state index in [0.29, 0.717) is 37.9 Å². The second-order valence-electron chi connectivity index (χ2n) is 19.4. The highest BCUT2D eigenvalue weighted by Gasteiger charge is 2.23. The van der Waals surface area contributed by atoms with Crippen LogP contribution in [0.5, 0.6) is 0 Å². The Balaban J connectivity index is 4.61. The number of aliphatic hydroxyl groups excluding tert-OH is 1. The van der Waals surface area contributed by atoms with Crippen LogP contribution in [-0.2, 0) is 23.3 Å². The summed E-state index contributed by atoms with van der Waals surface area (Å²) in [6.07, 6.45) is 22.5. The predicted molar refractivity (Wildman–Crippen MR) is 234 cm³/mol. The topological polar surface area (TPSA) is 135 Å². The van der Waals surface area contributed by atoms with Crippen molar-refractivity contribution in [3.8, 4) is 0 Å². The first kappa shape index (κ1) is 55.9. The van der Waals surface area contributed by atoms with Crippen molar-refractivity contribution >= 4 is 7.82 Å². The van der Waals surface area contributed by atoms with Gasteiger partial charge < -0.3 is 34.2 Å². The molecule has 4 N–H and O–H groups in total. The summed E-state index contributed by atoms with van der Waals surface area (Å²) in [4.78, 5) is 18.1. The van der Waals surface area contributed by atoms with Gasteiger partial charge in [0.15, 0.2) is 0 Å². The van der Waals surface area contributed by atoms with Crippen LogP contribution in [0.1, 0.15) is 198 Å². The highest BCUT2D eigenvalue weighted by Crippen LogP contribution is 2.36. The van der Waals surface area contributed by atoms with E-state index >= 15 is 0 Å². The maximum absolute atomic E-state index is 11.2. The van der Waals surface area contributed by atoms with Crippen molar-refractivity contribution in [3.05, 3.63) is 0 Å². The van der Waals surface area contributed by atoms with Gasteiger partial charge in [-0.05, 0) is 67.6 Å². The molecule has 0 amide bonds. The number of hydrogen-bond acceptors (Lipinski definition) is 7. The van der Waals surface area contributed by atoms with Crippen molar-refractivity contribution in [2.75, 3.05) is 39.6 Å². The quantitative estimate of drug-likeness (QED) is 0.0352. The molecule has 0 spiro atoms. The molecule has 56 heavy (non-hydrogen) atoms. The summed E-state index contributed by atoms with van der Waals surface area (Å²) in [5.74, 6) is 5.22. The van der Waals surface area contributed by atoms with Gasteiger partial charge in [0.1, 0.15) is 12.2 Å². The highest BCUT2D eigenvalue weighted by molar-refractivity contribution is 7.46. The van der Waals surface area contributed by atoms with Gasteiger partial charge in [-0.15, -0.1) is 0 Å². The molecule has 0 aromatic rings. The molecule has 0 heterocycles. The molecule has 7 unspecified atom stereocenters. The Labute approximate surface area is 346 Å². The van der Waals surface area contributed by atoms with E-state index in [-0.39, 0.29) is 13.2 Å². The van der Waals surface area contributed by atoms with Crippen LogP contribution in [0.3, 0.4) is 0 Å². The Morgan fingerprint density at radius 2 is 0.911 bits per heavy atom. The van der Waals surface area contributed by atoms with Crippen LogP contribution in [-0.4, -0.2) is 77.5 Å². The average Bonchev–Trinajstić information content (AvgIpc) is 3.08. The average molecular weight is 823 g/mol. The standard InChI is InChI=1S/C46H95O9P/c1-37(2)17-11-19-39(5)21-13-23-41(7)24-15-26-43(9)28-31-52-34-45(35-54-44(33-47)36-55-56(49,50)51)53-32-30-46(10,48)29-16-27-42(8)25-14-22-40(6)20-12-18-38(3)4/h37-45,47-48H,11-36H2,1-10H3,(H2,49,50,51)/t39?,40?,41?,42?,43?,44?,45-,46?/m0/s1. The van der Waals surface area contributed by atoms with Crippen molar-refractivity contribution in [2.24, 2.45) is 41.4 Å². The minimum absolute atomic E-state index is 0.0654. The van der Waals surface area contributed by atoms with Gasteiger partial charge in [-0.1, -0.05) is 171 Å². The number of phosphoric ester groups is 1. The maximum Gasteiger partial charge on any atom is 0.469 e. The molecule has 8 atom stereocenters. The van der Waals surface area contributed by atoms with Gasteiger partial charge in [0.25, 0.3) is 0 Å². The van der Waals surface area contributed by atoms with Crippen molar-refractivity contribution in [1.82, 2.24) is 0 Å². The Morgan fingerprint density at radius 3 is 1.32 bits per heavy atom. The summed E-state index contributed by atoms with van der Waals surface area (Å²) in [6, 6.07) is 0. The molecule has 0 fully saturated rings. The number of phosphoric acid groups is 1. The first-order valence-corrected chi connectivity index (χ1v) is 24.7. The molecule has 0 aliphatic rings. The van der Waals surface area contributed by atoms with Crippen LogP contribution < -0.4 is 0 Å². The van der Waals surface area contributed by atoms with E-state index < -0.39 is 38.8 Å². The first-order valence-electron chi connectivity index (χ1n) is 23.2. The van der Waals surface area contributed by atoms with Crippen molar-refractivity contribution in [1.29, 1.82) is 0 Å². The normalized spacial score (nSPS) is 17.5. The van der Waals surface area contributed by atoms with Crippen LogP contribution in [0.15, 0.2) is 0 Å². The molecule has 338 valence electrons. The fourth-order valence-corrected chi connectivity index (χ4v) is 7.90. The van der Waals surface area contributed by atoms with E-state index in [2.05, 4.69) is 66.8 Å². The van der Waals surface area contributed by atoms with E-state index in [1.54, 1.807) is 0 Å². The molecule has 0 radical (unpaired) electrons. The molecule has 0 bridgehead atoms. The Hall–Kier alpha value is -0.0900. The molecule has 0 aromatic carbocycles. The number of hydrogen-bond donors (Lipinski definition) is 4. The summed E-state index contributed by atoms with van der Waals surface area (Å²) in [5, 5.41) is 20.8. The van der Waals surface area contributed by atoms with Gasteiger partial charge in [-0.25, -0.2) is 4.57 Å². The third kappa shape index (κ3) is 36.9. The van der Waals surface area contributed by atoms with E-state index in [1.165, 1.54) is 96.3 Å². The van der Waals surface area contributed by atoms with Crippen LogP contribution >= 0.6 is 7.82 Å². The molecule has 0 aliphatic heterocycles. The summed E-state index contributed by atoms with van der Waals surface area (Å²) in [5.41, 5.74) is -0.847. The fraction of sp³-hybridized carbons (Fsp3) is 1.00. The lowest BCUT2D eigenvalue weighted by Gasteiger charge is -2.26. The molecular formula is C46H95O9P. The number of aliphatic hydroxyl groups is 2. The lowest BCUT2D eigenvalue weighted by molar-refractivity contribution is -0.103. The third-order valence-corrected chi connectivity index (χ3v) is 12.2. The maximum atomic E-state index is 11.2. The largest absolute Gasteiger partial charge is 0.469 e. The van der Waals surface area contributed by atoms with Crippen molar-refractivity contribution < 1.29 is 43.3 Å². The van der Waals surface area contributed by atoms with Gasteiger partial charge in [0, 0.05) is 13.2 Å². The Kier molecular flexibility index (Phi) is 33.6. The summed E-state index contributed by atoms with van der Waals surface area (Å²) < 4.78 is 33.6. The lowest BCUT2D eigenvalue weighted by Crippen LogP contribution is -2.34. The second-order valence-corrected chi connectivity index (χ2v) is 20.6. The zero-order chi connectivity index (χ0) is 42.4. The van der Waals surface area contributed by atoms with Crippen LogP contribution in [0.2, 0.25) is 0 Å². The van der Waals surface area contributed by atoms with Gasteiger partial charge in [0.05, 0.1) is 32.0 Å². The van der Waals surface area contributed by atoms with Crippen molar-refractivity contribution in [3.63, 3.8) is 0 Å². The highest BCUT2D eigenvalue weighted by atomic mass is 31.2. The van der Waals surface area contributed by atoms with Gasteiger partial charge in [-0.3, -0.25) is 4.52 Å².